The van der Waals surface area contributed by atoms with Crippen LogP contribution in [-0.4, -0.2) is 24.5 Å². The van der Waals surface area contributed by atoms with Crippen LogP contribution in [0.5, 0.6) is 0 Å². The van der Waals surface area contributed by atoms with Crippen LogP contribution in [0.25, 0.3) is 0 Å². The summed E-state index contributed by atoms with van der Waals surface area (Å²) in [4.78, 5) is 21.9. The molecule has 0 spiro atoms. The van der Waals surface area contributed by atoms with E-state index >= 15 is 0 Å². The fraction of sp³-hybridized carbons (Fsp3) is 0.375. The standard InChI is InChI=1S/C16H18FNO3/c1-16(2,3)21-15(20)18-9-5-4-6-12-7-8-14(17)13(10-12)11-19/h7-8,10-11H,5,9H2,1-3H3,(H,18,20). The summed E-state index contributed by atoms with van der Waals surface area (Å²) in [5, 5.41) is 2.58. The fourth-order valence-corrected chi connectivity index (χ4v) is 1.42. The number of carbonyl (C=O) groups is 2. The van der Waals surface area contributed by atoms with Crippen LogP contribution in [0, 0.1) is 17.7 Å². The summed E-state index contributed by atoms with van der Waals surface area (Å²) in [6.45, 7) is 5.70. The second-order valence-corrected chi connectivity index (χ2v) is 5.33. The molecule has 0 heterocycles. The minimum Gasteiger partial charge on any atom is -0.444 e. The Morgan fingerprint density at radius 3 is 2.76 bits per heavy atom. The van der Waals surface area contributed by atoms with Crippen molar-refractivity contribution < 1.29 is 18.7 Å². The van der Waals surface area contributed by atoms with Gasteiger partial charge in [-0.3, -0.25) is 4.79 Å². The molecule has 0 aliphatic rings. The van der Waals surface area contributed by atoms with Gasteiger partial charge in [0.1, 0.15) is 11.4 Å². The minimum absolute atomic E-state index is 0.0197. The number of benzene rings is 1. The lowest BCUT2D eigenvalue weighted by molar-refractivity contribution is 0.0529. The molecule has 0 aromatic heterocycles. The molecule has 1 aromatic carbocycles. The molecule has 0 saturated heterocycles. The van der Waals surface area contributed by atoms with Crippen molar-refractivity contribution in [3.8, 4) is 11.8 Å². The number of halogens is 1. The van der Waals surface area contributed by atoms with Gasteiger partial charge in [-0.05, 0) is 39.0 Å². The highest BCUT2D eigenvalue weighted by Gasteiger charge is 2.15. The van der Waals surface area contributed by atoms with Crippen molar-refractivity contribution >= 4 is 12.4 Å². The Morgan fingerprint density at radius 1 is 1.43 bits per heavy atom. The summed E-state index contributed by atoms with van der Waals surface area (Å²) in [5.74, 6) is 5.07. The topological polar surface area (TPSA) is 55.4 Å². The number of aldehydes is 1. The van der Waals surface area contributed by atoms with E-state index in [0.29, 0.717) is 24.8 Å². The summed E-state index contributed by atoms with van der Waals surface area (Å²) in [7, 11) is 0. The largest absolute Gasteiger partial charge is 0.444 e. The zero-order valence-corrected chi connectivity index (χ0v) is 12.3. The van der Waals surface area contributed by atoms with Gasteiger partial charge in [0.25, 0.3) is 0 Å². The fourth-order valence-electron chi connectivity index (χ4n) is 1.42. The quantitative estimate of drug-likeness (QED) is 0.529. The number of amides is 1. The first-order chi connectivity index (χ1) is 9.81. The lowest BCUT2D eigenvalue weighted by Crippen LogP contribution is -2.32. The summed E-state index contributed by atoms with van der Waals surface area (Å²) >= 11 is 0. The third-order valence-corrected chi connectivity index (χ3v) is 2.27. The van der Waals surface area contributed by atoms with Crippen molar-refractivity contribution in [1.82, 2.24) is 5.32 Å². The zero-order chi connectivity index (χ0) is 15.9. The Bertz CT molecular complexity index is 579. The maximum Gasteiger partial charge on any atom is 0.407 e. The molecule has 1 amide bonds. The molecule has 21 heavy (non-hydrogen) atoms. The lowest BCUT2D eigenvalue weighted by atomic mass is 10.1. The number of alkyl carbamates (subject to hydrolysis) is 1. The van der Waals surface area contributed by atoms with Crippen LogP contribution < -0.4 is 5.32 Å². The van der Waals surface area contributed by atoms with Crippen molar-refractivity contribution in [2.45, 2.75) is 32.8 Å². The molecule has 1 rings (SSSR count). The van der Waals surface area contributed by atoms with Gasteiger partial charge in [0.05, 0.1) is 5.56 Å². The predicted molar refractivity (Wildman–Crippen MR) is 77.5 cm³/mol. The minimum atomic E-state index is -0.567. The van der Waals surface area contributed by atoms with Crippen LogP contribution in [0.3, 0.4) is 0 Å². The van der Waals surface area contributed by atoms with Crippen LogP contribution in [0.4, 0.5) is 9.18 Å². The smallest absolute Gasteiger partial charge is 0.407 e. The van der Waals surface area contributed by atoms with E-state index in [9.17, 15) is 14.0 Å². The number of hydrogen-bond donors (Lipinski definition) is 1. The Balaban J connectivity index is 2.43. The molecule has 1 aromatic rings. The van der Waals surface area contributed by atoms with Gasteiger partial charge in [0, 0.05) is 18.5 Å². The molecule has 112 valence electrons. The number of ether oxygens (including phenoxy) is 1. The SMILES string of the molecule is CC(C)(C)OC(=O)NCCC#Cc1ccc(F)c(C=O)c1. The van der Waals surface area contributed by atoms with Crippen molar-refractivity contribution in [2.24, 2.45) is 0 Å². The first-order valence-corrected chi connectivity index (χ1v) is 6.52. The van der Waals surface area contributed by atoms with E-state index in [0.717, 1.165) is 0 Å². The molecule has 0 saturated carbocycles. The first kappa shape index (κ1) is 16.7. The van der Waals surface area contributed by atoms with Crippen LogP contribution in [0.15, 0.2) is 18.2 Å². The third-order valence-electron chi connectivity index (χ3n) is 2.27. The van der Waals surface area contributed by atoms with E-state index in [-0.39, 0.29) is 5.56 Å². The van der Waals surface area contributed by atoms with Crippen LogP contribution in [-0.2, 0) is 4.74 Å². The summed E-state index contributed by atoms with van der Waals surface area (Å²) in [6.07, 6.45) is 0.381. The summed E-state index contributed by atoms with van der Waals surface area (Å²) in [6, 6.07) is 4.08. The van der Waals surface area contributed by atoms with Gasteiger partial charge in [0.15, 0.2) is 6.29 Å². The van der Waals surface area contributed by atoms with Crippen molar-refractivity contribution in [3.05, 3.63) is 35.1 Å². The van der Waals surface area contributed by atoms with E-state index in [2.05, 4.69) is 17.2 Å². The molecule has 0 atom stereocenters. The predicted octanol–water partition coefficient (Wildman–Crippen LogP) is 2.90. The zero-order valence-electron chi connectivity index (χ0n) is 12.3. The molecule has 0 aliphatic carbocycles. The molecule has 0 bridgehead atoms. The molecule has 1 N–H and O–H groups in total. The van der Waals surface area contributed by atoms with E-state index in [1.54, 1.807) is 20.8 Å². The maximum absolute atomic E-state index is 13.1. The molecule has 4 nitrogen and oxygen atoms in total. The van der Waals surface area contributed by atoms with Crippen molar-refractivity contribution in [3.63, 3.8) is 0 Å². The molecular weight excluding hydrogens is 273 g/mol. The highest BCUT2D eigenvalue weighted by molar-refractivity contribution is 5.76. The van der Waals surface area contributed by atoms with Gasteiger partial charge in [-0.1, -0.05) is 11.8 Å². The van der Waals surface area contributed by atoms with Crippen molar-refractivity contribution in [2.75, 3.05) is 6.54 Å². The van der Waals surface area contributed by atoms with Crippen LogP contribution in [0.1, 0.15) is 43.1 Å². The molecule has 5 heteroatoms. The molecular formula is C16H18FNO3. The summed E-state index contributed by atoms with van der Waals surface area (Å²) in [5.41, 5.74) is -0.000738. The highest BCUT2D eigenvalue weighted by Crippen LogP contribution is 2.08. The number of nitrogens with one attached hydrogen (secondary N) is 1. The third kappa shape index (κ3) is 6.57. The monoisotopic (exact) mass is 291 g/mol. The van der Waals surface area contributed by atoms with E-state index in [1.807, 2.05) is 0 Å². The first-order valence-electron chi connectivity index (χ1n) is 6.52. The highest BCUT2D eigenvalue weighted by atomic mass is 19.1. The Labute approximate surface area is 123 Å². The van der Waals surface area contributed by atoms with Gasteiger partial charge in [-0.2, -0.15) is 0 Å². The van der Waals surface area contributed by atoms with Crippen LogP contribution >= 0.6 is 0 Å². The Morgan fingerprint density at radius 2 is 2.14 bits per heavy atom. The molecule has 0 fully saturated rings. The Kier molecular flexibility index (Phi) is 5.92. The van der Waals surface area contributed by atoms with Gasteiger partial charge in [-0.25, -0.2) is 9.18 Å². The van der Waals surface area contributed by atoms with E-state index in [4.69, 9.17) is 4.74 Å². The molecule has 0 radical (unpaired) electrons. The van der Waals surface area contributed by atoms with Gasteiger partial charge in [0.2, 0.25) is 0 Å². The van der Waals surface area contributed by atoms with Gasteiger partial charge >= 0.3 is 6.09 Å². The average molecular weight is 291 g/mol. The van der Waals surface area contributed by atoms with Crippen molar-refractivity contribution in [1.29, 1.82) is 0 Å². The summed E-state index contributed by atoms with van der Waals surface area (Å²) < 4.78 is 18.2. The number of carbonyl (C=O) groups excluding carboxylic acids is 2. The maximum atomic E-state index is 13.1. The number of hydrogen-bond acceptors (Lipinski definition) is 3. The Hall–Kier alpha value is -2.35. The average Bonchev–Trinajstić information content (AvgIpc) is 2.38. The number of rotatable bonds is 3. The second kappa shape index (κ2) is 7.44. The van der Waals surface area contributed by atoms with Gasteiger partial charge < -0.3 is 10.1 Å². The molecule has 0 unspecified atom stereocenters. The lowest BCUT2D eigenvalue weighted by Gasteiger charge is -2.19. The van der Waals surface area contributed by atoms with E-state index < -0.39 is 17.5 Å². The normalized spacial score (nSPS) is 10.3. The second-order valence-electron chi connectivity index (χ2n) is 5.33. The van der Waals surface area contributed by atoms with Gasteiger partial charge in [-0.15, -0.1) is 0 Å². The van der Waals surface area contributed by atoms with Crippen LogP contribution in [0.2, 0.25) is 0 Å². The molecule has 0 aliphatic heterocycles. The van der Waals surface area contributed by atoms with E-state index in [1.165, 1.54) is 18.2 Å².